The third kappa shape index (κ3) is 3.71. The first-order chi connectivity index (χ1) is 16.5. The van der Waals surface area contributed by atoms with Gasteiger partial charge in [0.05, 0.1) is 23.3 Å². The average Bonchev–Trinajstić information content (AvgIpc) is 3.59. The standard InChI is InChI=1S/C26H29N3O3S2/c1-15-13-17-7-3-4-10-20(17)29(15)24(30)16(2)33-26-27-23-22(19-9-5-11-21(19)34-23)25(31)28(26)14-18-8-6-12-32-18/h3-4,7,10,15-16,18H,5-6,8-9,11-14H2,1-2H3/t15-,16-,18-/m0/s1. The summed E-state index contributed by atoms with van der Waals surface area (Å²) >= 11 is 3.06. The molecule has 0 bridgehead atoms. The normalized spacial score (nSPS) is 22.4. The van der Waals surface area contributed by atoms with Crippen LogP contribution in [0.5, 0.6) is 0 Å². The highest BCUT2D eigenvalue weighted by Crippen LogP contribution is 2.38. The molecule has 3 aliphatic rings. The number of nitrogens with zero attached hydrogens (tertiary/aromatic N) is 3. The van der Waals surface area contributed by atoms with Gasteiger partial charge in [-0.05, 0) is 69.6 Å². The van der Waals surface area contributed by atoms with Gasteiger partial charge in [-0.1, -0.05) is 30.0 Å². The van der Waals surface area contributed by atoms with Crippen molar-refractivity contribution in [2.24, 2.45) is 0 Å². The first-order valence-electron chi connectivity index (χ1n) is 12.3. The molecule has 3 aromatic rings. The molecular weight excluding hydrogens is 466 g/mol. The lowest BCUT2D eigenvalue weighted by molar-refractivity contribution is -0.118. The van der Waals surface area contributed by atoms with Crippen molar-refractivity contribution in [1.29, 1.82) is 0 Å². The lowest BCUT2D eigenvalue weighted by atomic mass is 10.1. The first kappa shape index (κ1) is 22.3. The quantitative estimate of drug-likeness (QED) is 0.383. The molecule has 8 heteroatoms. The number of amides is 1. The molecule has 1 fully saturated rings. The molecule has 1 aliphatic carbocycles. The summed E-state index contributed by atoms with van der Waals surface area (Å²) in [5, 5.41) is 1.07. The molecule has 0 N–H and O–H groups in total. The minimum atomic E-state index is -0.361. The number of aryl methyl sites for hydroxylation is 2. The van der Waals surface area contributed by atoms with Gasteiger partial charge in [0.1, 0.15) is 4.83 Å². The Morgan fingerprint density at radius 2 is 2.15 bits per heavy atom. The second-order valence-electron chi connectivity index (χ2n) is 9.63. The summed E-state index contributed by atoms with van der Waals surface area (Å²) in [5.41, 5.74) is 3.44. The van der Waals surface area contributed by atoms with Crippen LogP contribution < -0.4 is 10.5 Å². The molecule has 178 valence electrons. The van der Waals surface area contributed by atoms with Gasteiger partial charge in [-0.3, -0.25) is 14.2 Å². The van der Waals surface area contributed by atoms with Crippen molar-refractivity contribution in [2.45, 2.75) is 81.5 Å². The van der Waals surface area contributed by atoms with Crippen molar-refractivity contribution >= 4 is 44.9 Å². The summed E-state index contributed by atoms with van der Waals surface area (Å²) in [4.78, 5) is 36.4. The van der Waals surface area contributed by atoms with Crippen molar-refractivity contribution in [3.8, 4) is 0 Å². The topological polar surface area (TPSA) is 64.4 Å². The third-order valence-corrected chi connectivity index (χ3v) is 9.54. The van der Waals surface area contributed by atoms with E-state index in [9.17, 15) is 9.59 Å². The monoisotopic (exact) mass is 495 g/mol. The number of fused-ring (bicyclic) bond motifs is 4. The van der Waals surface area contributed by atoms with Crippen molar-refractivity contribution in [3.05, 3.63) is 50.6 Å². The number of benzene rings is 1. The smallest absolute Gasteiger partial charge is 0.263 e. The zero-order chi connectivity index (χ0) is 23.4. The Balaban J connectivity index is 1.35. The molecule has 2 aromatic heterocycles. The number of anilines is 1. The van der Waals surface area contributed by atoms with Gasteiger partial charge in [0.2, 0.25) is 5.91 Å². The maximum absolute atomic E-state index is 13.7. The van der Waals surface area contributed by atoms with Gasteiger partial charge < -0.3 is 9.64 Å². The van der Waals surface area contributed by atoms with Crippen molar-refractivity contribution in [3.63, 3.8) is 0 Å². The first-order valence-corrected chi connectivity index (χ1v) is 13.9. The molecule has 0 saturated carbocycles. The zero-order valence-corrected chi connectivity index (χ0v) is 21.2. The van der Waals surface area contributed by atoms with E-state index in [2.05, 4.69) is 13.0 Å². The molecule has 34 heavy (non-hydrogen) atoms. The number of thiophene rings is 1. The SMILES string of the molecule is C[C@H](Sc1nc2sc3c(c2c(=O)n1C[C@@H]1CCCO1)CCC3)C(=O)N1c2ccccc2C[C@@H]1C. The molecule has 4 heterocycles. The van der Waals surface area contributed by atoms with Crippen molar-refractivity contribution < 1.29 is 9.53 Å². The summed E-state index contributed by atoms with van der Waals surface area (Å²) in [7, 11) is 0. The highest BCUT2D eigenvalue weighted by atomic mass is 32.2. The van der Waals surface area contributed by atoms with E-state index in [0.717, 1.165) is 61.0 Å². The van der Waals surface area contributed by atoms with Crippen LogP contribution in [0.3, 0.4) is 0 Å². The number of carbonyl (C=O) groups excluding carboxylic acids is 1. The van der Waals surface area contributed by atoms with Gasteiger partial charge in [0, 0.05) is 23.2 Å². The number of hydrogen-bond donors (Lipinski definition) is 0. The summed E-state index contributed by atoms with van der Waals surface area (Å²) in [5.74, 6) is 0.0640. The van der Waals surface area contributed by atoms with Crippen LogP contribution in [0.2, 0.25) is 0 Å². The van der Waals surface area contributed by atoms with Crippen LogP contribution >= 0.6 is 23.1 Å². The van der Waals surface area contributed by atoms with Crippen molar-refractivity contribution in [1.82, 2.24) is 9.55 Å². The van der Waals surface area contributed by atoms with Gasteiger partial charge in [-0.15, -0.1) is 11.3 Å². The summed E-state index contributed by atoms with van der Waals surface area (Å²) < 4.78 is 7.66. The molecule has 6 nitrogen and oxygen atoms in total. The predicted octanol–water partition coefficient (Wildman–Crippen LogP) is 4.58. The van der Waals surface area contributed by atoms with Crippen LogP contribution in [-0.4, -0.2) is 39.5 Å². The van der Waals surface area contributed by atoms with Gasteiger partial charge >= 0.3 is 0 Å². The molecule has 1 amide bonds. The Kier molecular flexibility index (Phi) is 5.78. The molecule has 6 rings (SSSR count). The van der Waals surface area contributed by atoms with Crippen LogP contribution in [0, 0.1) is 0 Å². The Labute approximate surface area is 207 Å². The number of hydrogen-bond acceptors (Lipinski definition) is 6. The number of thioether (sulfide) groups is 1. The summed E-state index contributed by atoms with van der Waals surface area (Å²) in [6.45, 7) is 5.27. The highest BCUT2D eigenvalue weighted by molar-refractivity contribution is 8.00. The molecule has 2 aliphatic heterocycles. The predicted molar refractivity (Wildman–Crippen MR) is 137 cm³/mol. The minimum Gasteiger partial charge on any atom is -0.376 e. The number of carbonyl (C=O) groups is 1. The van der Waals surface area contributed by atoms with Gasteiger partial charge in [0.15, 0.2) is 5.16 Å². The largest absolute Gasteiger partial charge is 0.376 e. The van der Waals surface area contributed by atoms with E-state index in [-0.39, 0.29) is 28.9 Å². The Bertz CT molecular complexity index is 1320. The third-order valence-electron chi connectivity index (χ3n) is 7.27. The van der Waals surface area contributed by atoms with E-state index < -0.39 is 0 Å². The molecule has 1 aromatic carbocycles. The maximum Gasteiger partial charge on any atom is 0.263 e. The number of ether oxygens (including phenoxy) is 1. The molecule has 0 spiro atoms. The van der Waals surface area contributed by atoms with Crippen LogP contribution in [0.15, 0.2) is 34.2 Å². The lowest BCUT2D eigenvalue weighted by Crippen LogP contribution is -2.40. The fourth-order valence-electron chi connectivity index (χ4n) is 5.61. The molecule has 0 unspecified atom stereocenters. The minimum absolute atomic E-state index is 0.0273. The second-order valence-corrected chi connectivity index (χ2v) is 12.0. The maximum atomic E-state index is 13.7. The second kappa shape index (κ2) is 8.81. The van der Waals surface area contributed by atoms with Crippen LogP contribution in [0.4, 0.5) is 5.69 Å². The van der Waals surface area contributed by atoms with Crippen LogP contribution in [0.1, 0.15) is 49.1 Å². The fourth-order valence-corrected chi connectivity index (χ4v) is 7.88. The highest BCUT2D eigenvalue weighted by Gasteiger charge is 2.34. The van der Waals surface area contributed by atoms with Crippen molar-refractivity contribution in [2.75, 3.05) is 11.5 Å². The Morgan fingerprint density at radius 1 is 1.29 bits per heavy atom. The van der Waals surface area contributed by atoms with E-state index in [1.54, 1.807) is 15.9 Å². The van der Waals surface area contributed by atoms with Crippen LogP contribution in [-0.2, 0) is 35.3 Å². The molecule has 1 saturated heterocycles. The van der Waals surface area contributed by atoms with E-state index in [0.29, 0.717) is 11.7 Å². The number of rotatable bonds is 5. The number of para-hydroxylation sites is 1. The van der Waals surface area contributed by atoms with Gasteiger partial charge in [-0.25, -0.2) is 4.98 Å². The molecular formula is C26H29N3O3S2. The zero-order valence-electron chi connectivity index (χ0n) is 19.6. The fraction of sp³-hybridized carbons (Fsp3) is 0.500. The van der Waals surface area contributed by atoms with E-state index >= 15 is 0 Å². The average molecular weight is 496 g/mol. The molecule has 3 atom stereocenters. The van der Waals surface area contributed by atoms with Gasteiger partial charge in [0.25, 0.3) is 5.56 Å². The summed E-state index contributed by atoms with van der Waals surface area (Å²) in [6, 6.07) is 8.26. The Morgan fingerprint density at radius 3 is 2.97 bits per heavy atom. The van der Waals surface area contributed by atoms with Gasteiger partial charge in [-0.2, -0.15) is 0 Å². The van der Waals surface area contributed by atoms with E-state index in [1.807, 2.05) is 30.0 Å². The summed E-state index contributed by atoms with van der Waals surface area (Å²) in [6.07, 6.45) is 5.97. The Hall–Kier alpha value is -2.16. The molecule has 0 radical (unpaired) electrons. The lowest BCUT2D eigenvalue weighted by Gasteiger charge is -2.26. The van der Waals surface area contributed by atoms with E-state index in [1.165, 1.54) is 27.8 Å². The van der Waals surface area contributed by atoms with Crippen LogP contribution in [0.25, 0.3) is 10.2 Å². The van der Waals surface area contributed by atoms with E-state index in [4.69, 9.17) is 9.72 Å². The number of aromatic nitrogens is 2.